The predicted octanol–water partition coefficient (Wildman–Crippen LogP) is 2.21. The molecule has 0 unspecified atom stereocenters. The van der Waals surface area contributed by atoms with Crippen molar-refractivity contribution in [3.8, 4) is 0 Å². The van der Waals surface area contributed by atoms with E-state index in [1.807, 2.05) is 30.3 Å². The molecule has 4 amide bonds. The molecule has 11 nitrogen and oxygen atoms in total. The number of amides is 4. The summed E-state index contributed by atoms with van der Waals surface area (Å²) in [4.78, 5) is 78.5. The first-order chi connectivity index (χ1) is 21.2. The summed E-state index contributed by atoms with van der Waals surface area (Å²) in [7, 11) is 0. The van der Waals surface area contributed by atoms with Crippen LogP contribution in [0.1, 0.15) is 64.4 Å². The zero-order valence-electron chi connectivity index (χ0n) is 25.5. The number of carbonyl (C=O) groups excluding carboxylic acids is 6. The molecule has 3 rings (SSSR count). The molecule has 0 radical (unpaired) electrons. The van der Waals surface area contributed by atoms with Gasteiger partial charge < -0.3 is 25.6 Å². The van der Waals surface area contributed by atoms with Crippen LogP contribution in [0.4, 0.5) is 0 Å². The number of fused-ring (bicyclic) bond motifs is 1. The zero-order chi connectivity index (χ0) is 31.9. The normalized spacial score (nSPS) is 22.7. The Bertz CT molecular complexity index is 1150. The lowest BCUT2D eigenvalue weighted by molar-refractivity contribution is -0.143. The van der Waals surface area contributed by atoms with Gasteiger partial charge in [0.25, 0.3) is 0 Å². The summed E-state index contributed by atoms with van der Waals surface area (Å²) < 4.78 is 5.63. The van der Waals surface area contributed by atoms with Crippen LogP contribution in [0.3, 0.4) is 0 Å². The monoisotopic (exact) mass is 648 g/mol. The van der Waals surface area contributed by atoms with E-state index in [4.69, 9.17) is 4.74 Å². The number of benzene rings is 1. The molecule has 1 aromatic rings. The average Bonchev–Trinajstić information content (AvgIpc) is 3.48. The predicted molar refractivity (Wildman–Crippen MR) is 171 cm³/mol. The lowest BCUT2D eigenvalue weighted by Gasteiger charge is -2.32. The number of carbonyl (C=O) groups is 6. The van der Waals surface area contributed by atoms with Gasteiger partial charge in [-0.15, -0.1) is 0 Å². The molecular weight excluding hydrogens is 604 g/mol. The summed E-state index contributed by atoms with van der Waals surface area (Å²) in [6, 6.07) is 5.79. The van der Waals surface area contributed by atoms with Crippen molar-refractivity contribution in [2.24, 2.45) is 0 Å². The SMILES string of the molecule is CC(=O)SCCCCC[C@@H]1NC(=O)[C@@H]2CCCN2C(=O)[C@H](Cc2ccccc2)NC(=O)[C@H](CCOCCSC(C)=O)NC1=O. The second-order valence-electron chi connectivity index (χ2n) is 11.0. The molecule has 2 aliphatic rings. The number of hydrogen-bond acceptors (Lipinski definition) is 9. The Kier molecular flexibility index (Phi) is 15.2. The number of nitrogens with zero attached hydrogens (tertiary/aromatic N) is 1. The van der Waals surface area contributed by atoms with Gasteiger partial charge in [0.2, 0.25) is 23.6 Å². The van der Waals surface area contributed by atoms with Gasteiger partial charge in [0.1, 0.15) is 24.2 Å². The molecule has 2 heterocycles. The van der Waals surface area contributed by atoms with Crippen LogP contribution >= 0.6 is 23.5 Å². The van der Waals surface area contributed by atoms with E-state index in [-0.39, 0.29) is 41.5 Å². The van der Waals surface area contributed by atoms with Crippen LogP contribution in [0.2, 0.25) is 0 Å². The van der Waals surface area contributed by atoms with Gasteiger partial charge in [-0.05, 0) is 37.7 Å². The average molecular weight is 649 g/mol. The Morgan fingerprint density at radius 1 is 0.795 bits per heavy atom. The number of rotatable bonds is 14. The van der Waals surface area contributed by atoms with Gasteiger partial charge in [-0.1, -0.05) is 66.7 Å². The van der Waals surface area contributed by atoms with Crippen LogP contribution in [0.15, 0.2) is 30.3 Å². The maximum Gasteiger partial charge on any atom is 0.246 e. The molecule has 4 atom stereocenters. The fourth-order valence-corrected chi connectivity index (χ4v) is 6.42. The summed E-state index contributed by atoms with van der Waals surface area (Å²) in [5.74, 6) is -0.521. The summed E-state index contributed by atoms with van der Waals surface area (Å²) in [5, 5.41) is 8.61. The van der Waals surface area contributed by atoms with Gasteiger partial charge in [0, 0.05) is 44.9 Å². The van der Waals surface area contributed by atoms with Crippen LogP contribution in [0.25, 0.3) is 0 Å². The van der Waals surface area contributed by atoms with Gasteiger partial charge in [-0.3, -0.25) is 28.8 Å². The first-order valence-electron chi connectivity index (χ1n) is 15.3. The third-order valence-corrected chi connectivity index (χ3v) is 9.20. The van der Waals surface area contributed by atoms with Gasteiger partial charge in [0.15, 0.2) is 10.2 Å². The van der Waals surface area contributed by atoms with E-state index in [2.05, 4.69) is 16.0 Å². The summed E-state index contributed by atoms with van der Waals surface area (Å²) >= 11 is 2.40. The van der Waals surface area contributed by atoms with Crippen molar-refractivity contribution in [3.05, 3.63) is 35.9 Å². The summed E-state index contributed by atoms with van der Waals surface area (Å²) in [6.07, 6.45) is 4.05. The Morgan fingerprint density at radius 2 is 1.43 bits per heavy atom. The van der Waals surface area contributed by atoms with Gasteiger partial charge in [0.05, 0.1) is 6.61 Å². The van der Waals surface area contributed by atoms with E-state index < -0.39 is 36.0 Å². The van der Waals surface area contributed by atoms with Crippen molar-refractivity contribution in [1.82, 2.24) is 20.9 Å². The van der Waals surface area contributed by atoms with Crippen LogP contribution in [-0.2, 0) is 39.9 Å². The van der Waals surface area contributed by atoms with Crippen molar-refractivity contribution in [2.75, 3.05) is 31.3 Å². The largest absolute Gasteiger partial charge is 0.380 e. The van der Waals surface area contributed by atoms with Crippen molar-refractivity contribution < 1.29 is 33.5 Å². The molecular formula is C31H44N4O7S2. The fourth-order valence-electron chi connectivity index (χ4n) is 5.29. The van der Waals surface area contributed by atoms with E-state index >= 15 is 0 Å². The molecule has 2 saturated heterocycles. The van der Waals surface area contributed by atoms with E-state index in [0.29, 0.717) is 50.3 Å². The van der Waals surface area contributed by atoms with Crippen molar-refractivity contribution in [2.45, 2.75) is 89.4 Å². The molecule has 2 aliphatic heterocycles. The van der Waals surface area contributed by atoms with Crippen molar-refractivity contribution >= 4 is 57.4 Å². The smallest absolute Gasteiger partial charge is 0.246 e. The Hall–Kier alpha value is -2.90. The van der Waals surface area contributed by atoms with Crippen LogP contribution in [0.5, 0.6) is 0 Å². The molecule has 0 spiro atoms. The highest BCUT2D eigenvalue weighted by molar-refractivity contribution is 8.13. The molecule has 242 valence electrons. The molecule has 0 saturated carbocycles. The molecule has 3 N–H and O–H groups in total. The van der Waals surface area contributed by atoms with E-state index in [1.54, 1.807) is 0 Å². The molecule has 44 heavy (non-hydrogen) atoms. The number of nitrogens with one attached hydrogen (secondary N) is 3. The Labute approximate surface area is 267 Å². The highest BCUT2D eigenvalue weighted by Crippen LogP contribution is 2.21. The van der Waals surface area contributed by atoms with Gasteiger partial charge >= 0.3 is 0 Å². The number of thioether (sulfide) groups is 2. The van der Waals surface area contributed by atoms with Crippen LogP contribution in [0, 0.1) is 0 Å². The number of unbranched alkanes of at least 4 members (excludes halogenated alkanes) is 2. The molecule has 1 aromatic carbocycles. The fraction of sp³-hybridized carbons (Fsp3) is 0.613. The highest BCUT2D eigenvalue weighted by atomic mass is 32.2. The first-order valence-corrected chi connectivity index (χ1v) is 17.2. The quantitative estimate of drug-likeness (QED) is 0.258. The summed E-state index contributed by atoms with van der Waals surface area (Å²) in [6.45, 7) is 3.84. The van der Waals surface area contributed by atoms with Crippen molar-refractivity contribution in [1.29, 1.82) is 0 Å². The maximum absolute atomic E-state index is 13.9. The number of hydrogen-bond donors (Lipinski definition) is 3. The van der Waals surface area contributed by atoms with Crippen molar-refractivity contribution in [3.63, 3.8) is 0 Å². The topological polar surface area (TPSA) is 151 Å². The third kappa shape index (κ3) is 11.9. The van der Waals surface area contributed by atoms with Gasteiger partial charge in [-0.25, -0.2) is 0 Å². The second-order valence-corrected chi connectivity index (χ2v) is 13.5. The lowest BCUT2D eigenvalue weighted by atomic mass is 10.0. The minimum Gasteiger partial charge on any atom is -0.380 e. The molecule has 13 heteroatoms. The molecule has 0 bridgehead atoms. The minimum absolute atomic E-state index is 0.0142. The third-order valence-electron chi connectivity index (χ3n) is 7.53. The second kappa shape index (κ2) is 18.8. The highest BCUT2D eigenvalue weighted by Gasteiger charge is 2.40. The van der Waals surface area contributed by atoms with Crippen LogP contribution in [-0.4, -0.2) is 94.2 Å². The Balaban J connectivity index is 1.79. The Morgan fingerprint density at radius 3 is 2.14 bits per heavy atom. The van der Waals surface area contributed by atoms with E-state index in [0.717, 1.165) is 30.2 Å². The number of ether oxygens (including phenoxy) is 1. The van der Waals surface area contributed by atoms with Crippen LogP contribution < -0.4 is 16.0 Å². The molecule has 0 aliphatic carbocycles. The lowest BCUT2D eigenvalue weighted by Crippen LogP contribution is -2.61. The molecule has 0 aromatic heterocycles. The maximum atomic E-state index is 13.9. The molecule has 2 fully saturated rings. The summed E-state index contributed by atoms with van der Waals surface area (Å²) in [5.41, 5.74) is 0.854. The first kappa shape index (κ1) is 35.6. The standard InChI is InChI=1S/C31H44N4O7S2/c1-21(36)43-18-8-4-7-12-24-28(38)32-25(14-16-42-17-19-44-22(2)37)29(39)34-26(20-23-10-5-3-6-11-23)31(41)35-15-9-13-27(35)30(40)33-24/h3,5-6,10-11,24-27H,4,7-9,12-20H2,1-2H3,(H,32,38)(H,33,40)(H,34,39)/t24-,25-,26-,27-/m0/s1. The minimum atomic E-state index is -1.01. The van der Waals surface area contributed by atoms with E-state index in [1.165, 1.54) is 30.5 Å². The van der Waals surface area contributed by atoms with E-state index in [9.17, 15) is 28.8 Å². The zero-order valence-corrected chi connectivity index (χ0v) is 27.1. The van der Waals surface area contributed by atoms with Gasteiger partial charge in [-0.2, -0.15) is 0 Å².